The number of H-pyrrole nitrogens is 1. The van der Waals surface area contributed by atoms with Gasteiger partial charge in [-0.05, 0) is 60.5 Å². The van der Waals surface area contributed by atoms with Gasteiger partial charge >= 0.3 is 0 Å². The first-order valence-electron chi connectivity index (χ1n) is 12.9. The molecule has 0 fully saturated rings. The van der Waals surface area contributed by atoms with Gasteiger partial charge in [0, 0.05) is 33.9 Å². The molecule has 38 heavy (non-hydrogen) atoms. The number of aromatic amines is 1. The van der Waals surface area contributed by atoms with Crippen LogP contribution in [-0.2, 0) is 0 Å². The molecule has 0 amide bonds. The molecule has 0 radical (unpaired) electrons. The highest BCUT2D eigenvalue weighted by atomic mass is 15.1. The summed E-state index contributed by atoms with van der Waals surface area (Å²) >= 11 is 0. The van der Waals surface area contributed by atoms with Gasteiger partial charge in [-0.1, -0.05) is 78.9 Å². The number of nitrogens with one attached hydrogen (secondary N) is 1. The van der Waals surface area contributed by atoms with Crippen LogP contribution in [0.25, 0.3) is 38.8 Å². The summed E-state index contributed by atoms with van der Waals surface area (Å²) < 4.78 is 2.37. The molecule has 0 saturated carbocycles. The normalized spacial score (nSPS) is 12.2. The fourth-order valence-corrected chi connectivity index (χ4v) is 5.54. The molecule has 3 heterocycles. The minimum Gasteiger partial charge on any atom is -0.309 e. The van der Waals surface area contributed by atoms with E-state index in [4.69, 9.17) is 4.98 Å². The Hall–Kier alpha value is -4.96. The first-order chi connectivity index (χ1) is 18.8. The first-order valence-corrected chi connectivity index (χ1v) is 12.9. The lowest BCUT2D eigenvalue weighted by Gasteiger charge is -2.18. The molecule has 3 aromatic heterocycles. The van der Waals surface area contributed by atoms with Gasteiger partial charge < -0.3 is 4.57 Å². The average Bonchev–Trinajstić information content (AvgIpc) is 3.55. The second kappa shape index (κ2) is 9.16. The van der Waals surface area contributed by atoms with Crippen molar-refractivity contribution in [3.05, 3.63) is 150 Å². The van der Waals surface area contributed by atoms with Gasteiger partial charge in [-0.2, -0.15) is 5.10 Å². The highest BCUT2D eigenvalue weighted by Crippen LogP contribution is 2.37. The summed E-state index contributed by atoms with van der Waals surface area (Å²) in [6, 6.07) is 43.0. The maximum atomic E-state index is 4.77. The lowest BCUT2D eigenvalue weighted by atomic mass is 9.87. The van der Waals surface area contributed by atoms with Crippen LogP contribution in [0.4, 0.5) is 0 Å². The Balaban J connectivity index is 1.47. The van der Waals surface area contributed by atoms with Gasteiger partial charge in [-0.15, -0.1) is 0 Å². The van der Waals surface area contributed by atoms with Gasteiger partial charge in [0.05, 0.1) is 28.3 Å². The second-order valence-corrected chi connectivity index (χ2v) is 9.71. The van der Waals surface area contributed by atoms with Crippen LogP contribution in [0.3, 0.4) is 0 Å². The summed E-state index contributed by atoms with van der Waals surface area (Å²) in [4.78, 5) is 4.77. The van der Waals surface area contributed by atoms with Gasteiger partial charge in [0.25, 0.3) is 0 Å². The maximum absolute atomic E-state index is 4.77. The van der Waals surface area contributed by atoms with E-state index in [1.807, 2.05) is 19.2 Å². The fraction of sp³-hybridized carbons (Fsp3) is 0.0588. The van der Waals surface area contributed by atoms with E-state index >= 15 is 0 Å². The molecule has 4 aromatic carbocycles. The molecule has 182 valence electrons. The number of pyridine rings is 1. The van der Waals surface area contributed by atoms with Gasteiger partial charge in [-0.25, -0.2) is 0 Å². The van der Waals surface area contributed by atoms with Gasteiger partial charge in [0.1, 0.15) is 0 Å². The quantitative estimate of drug-likeness (QED) is 0.265. The van der Waals surface area contributed by atoms with Gasteiger partial charge in [-0.3, -0.25) is 10.1 Å². The standard InChI is InChI=1S/C34H26N4/c1-23-20-31(37-36-23)25-12-9-13-27(21-25)38-32-16-6-5-14-28(32)29-18-17-26(22-33(29)38)34(24-10-3-2-4-11-24)30-15-7-8-19-35-30/h2-22,34H,1H3,(H,36,37)/t34-/m0/s1. The summed E-state index contributed by atoms with van der Waals surface area (Å²) in [5, 5.41) is 10.0. The summed E-state index contributed by atoms with van der Waals surface area (Å²) in [5.41, 5.74) is 10.0. The van der Waals surface area contributed by atoms with Crippen LogP contribution in [0.2, 0.25) is 0 Å². The SMILES string of the molecule is Cc1cc(-c2cccc(-n3c4ccccc4c4ccc([C@H](c5ccccc5)c5ccccn5)cc43)c2)n[nH]1. The van der Waals surface area contributed by atoms with Crippen molar-refractivity contribution in [1.29, 1.82) is 0 Å². The number of hydrogen-bond acceptors (Lipinski definition) is 2. The number of aromatic nitrogens is 4. The van der Waals surface area contributed by atoms with Crippen LogP contribution in [-0.4, -0.2) is 19.7 Å². The number of para-hydroxylation sites is 1. The van der Waals surface area contributed by atoms with Gasteiger partial charge in [0.2, 0.25) is 0 Å². The predicted molar refractivity (Wildman–Crippen MR) is 155 cm³/mol. The smallest absolute Gasteiger partial charge is 0.0924 e. The minimum atomic E-state index is 0.0339. The molecule has 7 rings (SSSR count). The summed E-state index contributed by atoms with van der Waals surface area (Å²) in [6.45, 7) is 2.03. The Kier molecular flexibility index (Phi) is 5.37. The van der Waals surface area contributed by atoms with E-state index in [1.165, 1.54) is 32.9 Å². The van der Waals surface area contributed by atoms with Crippen LogP contribution in [0.1, 0.15) is 28.4 Å². The molecule has 0 saturated heterocycles. The topological polar surface area (TPSA) is 46.5 Å². The third-order valence-electron chi connectivity index (χ3n) is 7.25. The average molecular weight is 491 g/mol. The van der Waals surface area contributed by atoms with Crippen LogP contribution in [0, 0.1) is 6.92 Å². The lowest BCUT2D eigenvalue weighted by molar-refractivity contribution is 0.919. The molecule has 0 bridgehead atoms. The summed E-state index contributed by atoms with van der Waals surface area (Å²) in [7, 11) is 0. The molecule has 0 aliphatic carbocycles. The Morgan fingerprint density at radius 2 is 1.47 bits per heavy atom. The van der Waals surface area contributed by atoms with Crippen molar-refractivity contribution in [3.8, 4) is 16.9 Å². The van der Waals surface area contributed by atoms with Crippen LogP contribution >= 0.6 is 0 Å². The van der Waals surface area contributed by atoms with Crippen molar-refractivity contribution in [1.82, 2.24) is 19.7 Å². The molecular weight excluding hydrogens is 464 g/mol. The third-order valence-corrected chi connectivity index (χ3v) is 7.25. The fourth-order valence-electron chi connectivity index (χ4n) is 5.54. The van der Waals surface area contributed by atoms with Crippen molar-refractivity contribution >= 4 is 21.8 Å². The zero-order chi connectivity index (χ0) is 25.5. The van der Waals surface area contributed by atoms with E-state index in [-0.39, 0.29) is 5.92 Å². The molecule has 4 heteroatoms. The number of nitrogens with zero attached hydrogens (tertiary/aromatic N) is 3. The van der Waals surface area contributed by atoms with Crippen LogP contribution in [0.5, 0.6) is 0 Å². The lowest BCUT2D eigenvalue weighted by Crippen LogP contribution is -2.05. The number of hydrogen-bond donors (Lipinski definition) is 1. The zero-order valence-electron chi connectivity index (χ0n) is 21.0. The van der Waals surface area contributed by atoms with E-state index in [0.29, 0.717) is 0 Å². The highest BCUT2D eigenvalue weighted by Gasteiger charge is 2.20. The second-order valence-electron chi connectivity index (χ2n) is 9.71. The molecule has 1 atom stereocenters. The van der Waals surface area contributed by atoms with Crippen LogP contribution < -0.4 is 0 Å². The van der Waals surface area contributed by atoms with E-state index in [1.54, 1.807) is 0 Å². The van der Waals surface area contributed by atoms with Gasteiger partial charge in [0.15, 0.2) is 0 Å². The van der Waals surface area contributed by atoms with E-state index in [0.717, 1.165) is 28.3 Å². The molecule has 0 aliphatic rings. The molecule has 4 nitrogen and oxygen atoms in total. The van der Waals surface area contributed by atoms with E-state index in [9.17, 15) is 0 Å². The summed E-state index contributed by atoms with van der Waals surface area (Å²) in [5.74, 6) is 0.0339. The maximum Gasteiger partial charge on any atom is 0.0924 e. The Morgan fingerprint density at radius 3 is 2.29 bits per heavy atom. The van der Waals surface area contributed by atoms with Crippen molar-refractivity contribution in [2.45, 2.75) is 12.8 Å². The number of benzene rings is 4. The first kappa shape index (κ1) is 22.3. The van der Waals surface area contributed by atoms with Crippen LogP contribution in [0.15, 0.2) is 128 Å². The Morgan fingerprint density at radius 1 is 0.658 bits per heavy atom. The molecule has 0 unspecified atom stereocenters. The Labute approximate surface area is 221 Å². The molecule has 1 N–H and O–H groups in total. The largest absolute Gasteiger partial charge is 0.309 e. The van der Waals surface area contributed by atoms with Crippen molar-refractivity contribution in [3.63, 3.8) is 0 Å². The molecular formula is C34H26N4. The molecule has 0 spiro atoms. The van der Waals surface area contributed by atoms with E-state index in [2.05, 4.69) is 130 Å². The van der Waals surface area contributed by atoms with Crippen molar-refractivity contribution in [2.75, 3.05) is 0 Å². The molecule has 0 aliphatic heterocycles. The summed E-state index contributed by atoms with van der Waals surface area (Å²) in [6.07, 6.45) is 1.88. The number of fused-ring (bicyclic) bond motifs is 3. The Bertz CT molecular complexity index is 1840. The van der Waals surface area contributed by atoms with Crippen molar-refractivity contribution < 1.29 is 0 Å². The monoisotopic (exact) mass is 490 g/mol. The highest BCUT2D eigenvalue weighted by molar-refractivity contribution is 6.09. The minimum absolute atomic E-state index is 0.0339. The number of rotatable bonds is 5. The zero-order valence-corrected chi connectivity index (χ0v) is 21.0. The van der Waals surface area contributed by atoms with Crippen molar-refractivity contribution in [2.24, 2.45) is 0 Å². The third kappa shape index (κ3) is 3.78. The number of aryl methyl sites for hydroxylation is 1. The van der Waals surface area contributed by atoms with E-state index < -0.39 is 0 Å². The molecule has 7 aromatic rings. The predicted octanol–water partition coefficient (Wildman–Crippen LogP) is 8.06.